The predicted molar refractivity (Wildman–Crippen MR) is 84.1 cm³/mol. The van der Waals surface area contributed by atoms with Crippen molar-refractivity contribution in [3.63, 3.8) is 0 Å². The number of rotatable bonds is 3. The van der Waals surface area contributed by atoms with Crippen molar-refractivity contribution < 1.29 is 0 Å². The van der Waals surface area contributed by atoms with Gasteiger partial charge in [0.1, 0.15) is 4.99 Å². The van der Waals surface area contributed by atoms with Crippen molar-refractivity contribution in [3.8, 4) is 0 Å². The summed E-state index contributed by atoms with van der Waals surface area (Å²) in [7, 11) is 1.99. The van der Waals surface area contributed by atoms with Crippen molar-refractivity contribution in [3.05, 3.63) is 53.3 Å². The van der Waals surface area contributed by atoms with E-state index in [0.29, 0.717) is 4.99 Å². The van der Waals surface area contributed by atoms with E-state index < -0.39 is 0 Å². The fourth-order valence-corrected chi connectivity index (χ4v) is 2.32. The third-order valence-corrected chi connectivity index (χ3v) is 3.24. The summed E-state index contributed by atoms with van der Waals surface area (Å²) in [6.07, 6.45) is 3.49. The quantitative estimate of drug-likeness (QED) is 0.871. The number of thiocarbonyl (C=S) groups is 1. The summed E-state index contributed by atoms with van der Waals surface area (Å²) in [6, 6.07) is 8.25. The molecule has 0 radical (unpaired) electrons. The van der Waals surface area contributed by atoms with Crippen LogP contribution in [0.2, 0.25) is 0 Å². The molecule has 0 aliphatic heterocycles. The molecule has 0 aliphatic rings. The van der Waals surface area contributed by atoms with Crippen molar-refractivity contribution >= 4 is 28.6 Å². The van der Waals surface area contributed by atoms with Gasteiger partial charge in [-0.3, -0.25) is 4.98 Å². The van der Waals surface area contributed by atoms with Crippen LogP contribution < -0.4 is 10.6 Å². The molecule has 1 aromatic heterocycles. The number of benzene rings is 1. The van der Waals surface area contributed by atoms with E-state index in [1.165, 1.54) is 11.1 Å². The van der Waals surface area contributed by atoms with Crippen LogP contribution in [0.5, 0.6) is 0 Å². The highest BCUT2D eigenvalue weighted by Crippen LogP contribution is 2.27. The number of nitrogens with two attached hydrogens (primary N) is 1. The molecule has 0 aliphatic carbocycles. The summed E-state index contributed by atoms with van der Waals surface area (Å²) in [5.41, 5.74) is 11.1. The Labute approximate surface area is 119 Å². The Morgan fingerprint density at radius 2 is 1.84 bits per heavy atom. The van der Waals surface area contributed by atoms with Gasteiger partial charge in [-0.05, 0) is 43.2 Å². The normalized spacial score (nSPS) is 10.3. The van der Waals surface area contributed by atoms with Crippen molar-refractivity contribution in [1.82, 2.24) is 4.98 Å². The number of aryl methyl sites for hydroxylation is 2. The van der Waals surface area contributed by atoms with Gasteiger partial charge in [0.05, 0.1) is 11.9 Å². The molecule has 0 amide bonds. The fraction of sp³-hybridized carbons (Fsp3) is 0.200. The molecule has 2 aromatic rings. The van der Waals surface area contributed by atoms with Crippen molar-refractivity contribution in [1.29, 1.82) is 0 Å². The Hall–Kier alpha value is -1.94. The molecule has 0 atom stereocenters. The van der Waals surface area contributed by atoms with Crippen LogP contribution in [-0.4, -0.2) is 17.0 Å². The second-order valence-corrected chi connectivity index (χ2v) is 5.10. The highest BCUT2D eigenvalue weighted by molar-refractivity contribution is 7.80. The van der Waals surface area contributed by atoms with Crippen LogP contribution in [0.3, 0.4) is 0 Å². The first-order valence-corrected chi connectivity index (χ1v) is 6.45. The number of anilines is 2. The number of hydrogen-bond acceptors (Lipinski definition) is 3. The molecule has 0 fully saturated rings. The van der Waals surface area contributed by atoms with Gasteiger partial charge in [0.2, 0.25) is 0 Å². The van der Waals surface area contributed by atoms with E-state index in [2.05, 4.69) is 41.9 Å². The first kappa shape index (κ1) is 13.5. The molecule has 3 nitrogen and oxygen atoms in total. The smallest absolute Gasteiger partial charge is 0.106 e. The molecule has 1 heterocycles. The van der Waals surface area contributed by atoms with E-state index in [1.807, 2.05) is 13.1 Å². The van der Waals surface area contributed by atoms with E-state index in [1.54, 1.807) is 12.4 Å². The number of aromatic nitrogens is 1. The average Bonchev–Trinajstić information content (AvgIpc) is 2.36. The average molecular weight is 271 g/mol. The molecule has 0 unspecified atom stereocenters. The van der Waals surface area contributed by atoms with Crippen LogP contribution in [0, 0.1) is 13.8 Å². The van der Waals surface area contributed by atoms with Gasteiger partial charge in [0.15, 0.2) is 0 Å². The van der Waals surface area contributed by atoms with Crippen LogP contribution in [0.15, 0.2) is 36.7 Å². The molecule has 0 saturated heterocycles. The maximum atomic E-state index is 5.77. The van der Waals surface area contributed by atoms with E-state index >= 15 is 0 Å². The summed E-state index contributed by atoms with van der Waals surface area (Å²) >= 11 is 5.09. The van der Waals surface area contributed by atoms with Gasteiger partial charge in [0, 0.05) is 24.5 Å². The zero-order valence-corrected chi connectivity index (χ0v) is 12.2. The first-order valence-electron chi connectivity index (χ1n) is 6.05. The zero-order chi connectivity index (χ0) is 14.0. The van der Waals surface area contributed by atoms with E-state index in [4.69, 9.17) is 18.0 Å². The Morgan fingerprint density at radius 1 is 1.21 bits per heavy atom. The van der Waals surface area contributed by atoms with Gasteiger partial charge in [-0.1, -0.05) is 18.3 Å². The van der Waals surface area contributed by atoms with Crippen molar-refractivity contribution in [2.24, 2.45) is 5.73 Å². The minimum Gasteiger partial charge on any atom is -0.389 e. The maximum absolute atomic E-state index is 5.77. The second-order valence-electron chi connectivity index (χ2n) is 4.66. The lowest BCUT2D eigenvalue weighted by Crippen LogP contribution is -2.18. The molecule has 0 bridgehead atoms. The lowest BCUT2D eigenvalue weighted by atomic mass is 10.1. The molecule has 0 spiro atoms. The van der Waals surface area contributed by atoms with E-state index in [-0.39, 0.29) is 0 Å². The lowest BCUT2D eigenvalue weighted by Gasteiger charge is -2.22. The summed E-state index contributed by atoms with van der Waals surface area (Å²) in [4.78, 5) is 6.60. The summed E-state index contributed by atoms with van der Waals surface area (Å²) in [6.45, 7) is 4.17. The van der Waals surface area contributed by atoms with Gasteiger partial charge < -0.3 is 10.6 Å². The van der Waals surface area contributed by atoms with Crippen LogP contribution in [0.25, 0.3) is 0 Å². The van der Waals surface area contributed by atoms with Gasteiger partial charge in [-0.25, -0.2) is 0 Å². The van der Waals surface area contributed by atoms with Gasteiger partial charge >= 0.3 is 0 Å². The molecule has 2 rings (SSSR count). The monoisotopic (exact) mass is 271 g/mol. The molecular formula is C15H17N3S. The molecular weight excluding hydrogens is 254 g/mol. The van der Waals surface area contributed by atoms with Crippen molar-refractivity contribution in [2.75, 3.05) is 11.9 Å². The SMILES string of the molecule is Cc1cc(C)cc(N(C)c2cnccc2C(N)=S)c1. The predicted octanol–water partition coefficient (Wildman–Crippen LogP) is 3.10. The molecule has 0 saturated carbocycles. The second kappa shape index (κ2) is 5.36. The molecule has 2 N–H and O–H groups in total. The first-order chi connectivity index (χ1) is 8.99. The maximum Gasteiger partial charge on any atom is 0.106 e. The van der Waals surface area contributed by atoms with Gasteiger partial charge in [0.25, 0.3) is 0 Å². The van der Waals surface area contributed by atoms with Crippen molar-refractivity contribution in [2.45, 2.75) is 13.8 Å². The third-order valence-electron chi connectivity index (χ3n) is 3.02. The standard InChI is InChI=1S/C15H17N3S/c1-10-6-11(2)8-12(7-10)18(3)14-9-17-5-4-13(14)15(16)19/h4-9H,1-3H3,(H2,16,19). The fourth-order valence-electron chi connectivity index (χ4n) is 2.15. The van der Waals surface area contributed by atoms with Gasteiger partial charge in [-0.2, -0.15) is 0 Å². The van der Waals surface area contributed by atoms with E-state index in [0.717, 1.165) is 16.9 Å². The Balaban J connectivity index is 2.49. The number of hydrogen-bond donors (Lipinski definition) is 1. The molecule has 1 aromatic carbocycles. The molecule has 98 valence electrons. The van der Waals surface area contributed by atoms with Crippen LogP contribution in [0.4, 0.5) is 11.4 Å². The summed E-state index contributed by atoms with van der Waals surface area (Å²) < 4.78 is 0. The van der Waals surface area contributed by atoms with Gasteiger partial charge in [-0.15, -0.1) is 0 Å². The summed E-state index contributed by atoms with van der Waals surface area (Å²) in [5, 5.41) is 0. The topological polar surface area (TPSA) is 42.2 Å². The minimum atomic E-state index is 0.383. The third kappa shape index (κ3) is 2.90. The minimum absolute atomic E-state index is 0.383. The Morgan fingerprint density at radius 3 is 2.42 bits per heavy atom. The molecule has 19 heavy (non-hydrogen) atoms. The number of nitrogens with zero attached hydrogens (tertiary/aromatic N) is 2. The van der Waals surface area contributed by atoms with Crippen LogP contribution in [0.1, 0.15) is 16.7 Å². The molecule has 4 heteroatoms. The number of pyridine rings is 1. The highest BCUT2D eigenvalue weighted by atomic mass is 32.1. The lowest BCUT2D eigenvalue weighted by molar-refractivity contribution is 1.16. The zero-order valence-electron chi connectivity index (χ0n) is 11.3. The Bertz CT molecular complexity index is 602. The van der Waals surface area contributed by atoms with E-state index in [9.17, 15) is 0 Å². The largest absolute Gasteiger partial charge is 0.389 e. The Kier molecular flexibility index (Phi) is 3.81. The summed E-state index contributed by atoms with van der Waals surface area (Å²) in [5.74, 6) is 0. The van der Waals surface area contributed by atoms with Crippen LogP contribution >= 0.6 is 12.2 Å². The highest BCUT2D eigenvalue weighted by Gasteiger charge is 2.11. The van der Waals surface area contributed by atoms with Crippen LogP contribution in [-0.2, 0) is 0 Å².